The fourth-order valence-electron chi connectivity index (χ4n) is 2.10. The lowest BCUT2D eigenvalue weighted by molar-refractivity contribution is -0.139. The van der Waals surface area contributed by atoms with Gasteiger partial charge in [-0.25, -0.2) is 4.79 Å². The van der Waals surface area contributed by atoms with Crippen molar-refractivity contribution in [1.82, 2.24) is 5.32 Å². The molecule has 1 atom stereocenters. The van der Waals surface area contributed by atoms with Crippen LogP contribution in [0.4, 0.5) is 0 Å². The molecule has 0 aromatic heterocycles. The Labute approximate surface area is 117 Å². The van der Waals surface area contributed by atoms with Gasteiger partial charge in [-0.3, -0.25) is 4.79 Å². The first-order valence-corrected chi connectivity index (χ1v) is 6.46. The summed E-state index contributed by atoms with van der Waals surface area (Å²) in [6.07, 6.45) is 2.50. The van der Waals surface area contributed by atoms with E-state index >= 15 is 0 Å². The number of rotatable bonds is 6. The third kappa shape index (κ3) is 3.24. The monoisotopic (exact) mass is 275 g/mol. The highest BCUT2D eigenvalue weighted by molar-refractivity contribution is 5.96. The number of hydrogen-bond donors (Lipinski definition) is 2. The molecule has 0 saturated heterocycles. The summed E-state index contributed by atoms with van der Waals surface area (Å²) < 4.78 is 5.29. The minimum atomic E-state index is -1.04. The number of carboxylic acid groups (broad SMARTS) is 1. The summed E-state index contributed by atoms with van der Waals surface area (Å²) in [6.45, 7) is 4.61. The molecule has 2 N–H and O–H groups in total. The van der Waals surface area contributed by atoms with E-state index in [-0.39, 0.29) is 5.91 Å². The molecule has 1 unspecified atom stereocenters. The second kappa shape index (κ2) is 6.34. The van der Waals surface area contributed by atoms with Crippen LogP contribution in [0.15, 0.2) is 30.9 Å². The van der Waals surface area contributed by atoms with Gasteiger partial charge in [-0.1, -0.05) is 12.1 Å². The average Bonchev–Trinajstić information content (AvgIpc) is 2.90. The molecule has 1 aromatic rings. The van der Waals surface area contributed by atoms with E-state index in [0.717, 1.165) is 11.1 Å². The molecule has 1 aliphatic heterocycles. The Balaban J connectivity index is 2.06. The van der Waals surface area contributed by atoms with E-state index in [1.165, 1.54) is 0 Å². The van der Waals surface area contributed by atoms with Crippen molar-refractivity contribution in [2.45, 2.75) is 32.1 Å². The van der Waals surface area contributed by atoms with Crippen molar-refractivity contribution in [1.29, 1.82) is 0 Å². The van der Waals surface area contributed by atoms with Gasteiger partial charge in [0.25, 0.3) is 5.91 Å². The maximum absolute atomic E-state index is 12.1. The Morgan fingerprint density at radius 3 is 2.85 bits per heavy atom. The van der Waals surface area contributed by atoms with Crippen LogP contribution in [0.25, 0.3) is 0 Å². The third-order valence-electron chi connectivity index (χ3n) is 3.25. The first-order chi connectivity index (χ1) is 9.61. The van der Waals surface area contributed by atoms with Crippen molar-refractivity contribution in [2.24, 2.45) is 0 Å². The second-order valence-corrected chi connectivity index (χ2v) is 4.71. The maximum Gasteiger partial charge on any atom is 0.326 e. The van der Waals surface area contributed by atoms with E-state index < -0.39 is 12.0 Å². The first kappa shape index (κ1) is 14.3. The molecule has 1 amide bonds. The highest BCUT2D eigenvalue weighted by Crippen LogP contribution is 2.20. The quantitative estimate of drug-likeness (QED) is 0.777. The SMILES string of the molecule is C=CCCC(NC(=O)c1ccc2c(c1)COC2)C(=O)O. The average molecular weight is 275 g/mol. The molecule has 0 aliphatic carbocycles. The van der Waals surface area contributed by atoms with Crippen molar-refractivity contribution < 1.29 is 19.4 Å². The molecule has 2 rings (SSSR count). The second-order valence-electron chi connectivity index (χ2n) is 4.71. The molecule has 0 fully saturated rings. The molecule has 1 aliphatic rings. The zero-order chi connectivity index (χ0) is 14.5. The van der Waals surface area contributed by atoms with E-state index in [4.69, 9.17) is 9.84 Å². The molecule has 0 radical (unpaired) electrons. The predicted octanol–water partition coefficient (Wildman–Crippen LogP) is 1.87. The molecule has 1 heterocycles. The number of carbonyl (C=O) groups excluding carboxylic acids is 1. The molecular weight excluding hydrogens is 258 g/mol. The molecule has 106 valence electrons. The number of aliphatic carboxylic acids is 1. The van der Waals surface area contributed by atoms with E-state index in [1.54, 1.807) is 18.2 Å². The van der Waals surface area contributed by atoms with Crippen molar-refractivity contribution in [3.8, 4) is 0 Å². The number of hydrogen-bond acceptors (Lipinski definition) is 3. The zero-order valence-corrected chi connectivity index (χ0v) is 11.1. The number of carbonyl (C=O) groups is 2. The molecule has 20 heavy (non-hydrogen) atoms. The van der Waals surface area contributed by atoms with Crippen LogP contribution in [0.2, 0.25) is 0 Å². The molecule has 0 spiro atoms. The van der Waals surface area contributed by atoms with Gasteiger partial charge in [0.05, 0.1) is 13.2 Å². The topological polar surface area (TPSA) is 75.6 Å². The number of amides is 1. The number of fused-ring (bicyclic) bond motifs is 1. The zero-order valence-electron chi connectivity index (χ0n) is 11.1. The fraction of sp³-hybridized carbons (Fsp3) is 0.333. The van der Waals surface area contributed by atoms with Crippen LogP contribution in [0.5, 0.6) is 0 Å². The highest BCUT2D eigenvalue weighted by atomic mass is 16.5. The smallest absolute Gasteiger partial charge is 0.326 e. The predicted molar refractivity (Wildman–Crippen MR) is 73.3 cm³/mol. The lowest BCUT2D eigenvalue weighted by Gasteiger charge is -2.14. The lowest BCUT2D eigenvalue weighted by Crippen LogP contribution is -2.40. The lowest BCUT2D eigenvalue weighted by atomic mass is 10.1. The normalized spacial score (nSPS) is 14.4. The Bertz CT molecular complexity index is 539. The number of nitrogens with one attached hydrogen (secondary N) is 1. The van der Waals surface area contributed by atoms with E-state index in [1.807, 2.05) is 6.07 Å². The van der Waals surface area contributed by atoms with E-state index in [2.05, 4.69) is 11.9 Å². The van der Waals surface area contributed by atoms with Crippen molar-refractivity contribution in [2.75, 3.05) is 0 Å². The molecule has 0 bridgehead atoms. The van der Waals surface area contributed by atoms with Crippen LogP contribution in [0.3, 0.4) is 0 Å². The van der Waals surface area contributed by atoms with E-state index in [9.17, 15) is 9.59 Å². The Morgan fingerprint density at radius 1 is 1.40 bits per heavy atom. The summed E-state index contributed by atoms with van der Waals surface area (Å²) in [5, 5.41) is 11.6. The minimum absolute atomic E-state index is 0.332. The molecule has 5 nitrogen and oxygen atoms in total. The van der Waals surface area contributed by atoms with Crippen LogP contribution in [-0.4, -0.2) is 23.0 Å². The summed E-state index contributed by atoms with van der Waals surface area (Å²) in [6, 6.07) is 4.39. The summed E-state index contributed by atoms with van der Waals surface area (Å²) in [5.74, 6) is -1.42. The van der Waals surface area contributed by atoms with Crippen LogP contribution in [0, 0.1) is 0 Å². The van der Waals surface area contributed by atoms with Gasteiger partial charge in [-0.15, -0.1) is 6.58 Å². The van der Waals surface area contributed by atoms with Crippen LogP contribution in [0.1, 0.15) is 34.3 Å². The van der Waals surface area contributed by atoms with Gasteiger partial charge in [0.15, 0.2) is 0 Å². The maximum atomic E-state index is 12.1. The third-order valence-corrected chi connectivity index (χ3v) is 3.25. The molecular formula is C15H17NO4. The van der Waals surface area contributed by atoms with Gasteiger partial charge in [-0.05, 0) is 36.1 Å². The minimum Gasteiger partial charge on any atom is -0.480 e. The first-order valence-electron chi connectivity index (χ1n) is 6.46. The number of ether oxygens (including phenoxy) is 1. The molecule has 5 heteroatoms. The highest BCUT2D eigenvalue weighted by Gasteiger charge is 2.21. The van der Waals surface area contributed by atoms with Gasteiger partial charge >= 0.3 is 5.97 Å². The number of carboxylic acids is 1. The molecule has 0 saturated carbocycles. The van der Waals surface area contributed by atoms with Gasteiger partial charge in [0.1, 0.15) is 6.04 Å². The fourth-order valence-corrected chi connectivity index (χ4v) is 2.10. The van der Waals surface area contributed by atoms with Gasteiger partial charge in [0.2, 0.25) is 0 Å². The number of allylic oxidation sites excluding steroid dienone is 1. The van der Waals surface area contributed by atoms with Gasteiger partial charge < -0.3 is 15.2 Å². The Kier molecular flexibility index (Phi) is 4.53. The summed E-state index contributed by atoms with van der Waals surface area (Å²) in [7, 11) is 0. The summed E-state index contributed by atoms with van der Waals surface area (Å²) in [5.41, 5.74) is 2.51. The van der Waals surface area contributed by atoms with Crippen molar-refractivity contribution in [3.63, 3.8) is 0 Å². The van der Waals surface area contributed by atoms with Crippen molar-refractivity contribution in [3.05, 3.63) is 47.5 Å². The number of benzene rings is 1. The van der Waals surface area contributed by atoms with Crippen molar-refractivity contribution >= 4 is 11.9 Å². The van der Waals surface area contributed by atoms with Crippen LogP contribution in [-0.2, 0) is 22.7 Å². The Hall–Kier alpha value is -2.14. The standard InChI is InChI=1S/C15H17NO4/c1-2-3-4-13(15(18)19)16-14(17)10-5-6-11-8-20-9-12(11)7-10/h2,5-7,13H,1,3-4,8-9H2,(H,16,17)(H,18,19). The Morgan fingerprint density at radius 2 is 2.15 bits per heavy atom. The van der Waals surface area contributed by atoms with Gasteiger partial charge in [0, 0.05) is 5.56 Å². The summed E-state index contributed by atoms with van der Waals surface area (Å²) >= 11 is 0. The van der Waals surface area contributed by atoms with Crippen LogP contribution >= 0.6 is 0 Å². The van der Waals surface area contributed by atoms with E-state index in [0.29, 0.717) is 31.6 Å². The molecule has 1 aromatic carbocycles. The largest absolute Gasteiger partial charge is 0.480 e. The van der Waals surface area contributed by atoms with Crippen LogP contribution < -0.4 is 5.32 Å². The van der Waals surface area contributed by atoms with Gasteiger partial charge in [-0.2, -0.15) is 0 Å². The summed E-state index contributed by atoms with van der Waals surface area (Å²) in [4.78, 5) is 23.2.